The summed E-state index contributed by atoms with van der Waals surface area (Å²) in [6.45, 7) is 6.15. The lowest BCUT2D eigenvalue weighted by atomic mass is 9.85. The minimum atomic E-state index is -0.544. The molecular formula is C16H26N2O5. The first kappa shape index (κ1) is 17.6. The van der Waals surface area contributed by atoms with Crippen molar-refractivity contribution in [1.82, 2.24) is 10.2 Å². The van der Waals surface area contributed by atoms with Gasteiger partial charge in [-0.25, -0.2) is 4.79 Å². The maximum atomic E-state index is 11.9. The Hall–Kier alpha value is -1.79. The van der Waals surface area contributed by atoms with Crippen LogP contribution < -0.4 is 5.32 Å². The van der Waals surface area contributed by atoms with Gasteiger partial charge in [0.2, 0.25) is 5.91 Å². The molecule has 7 nitrogen and oxygen atoms in total. The fourth-order valence-corrected chi connectivity index (χ4v) is 2.52. The molecule has 0 radical (unpaired) electrons. The van der Waals surface area contributed by atoms with Crippen LogP contribution in [-0.2, 0) is 19.1 Å². The van der Waals surface area contributed by atoms with E-state index in [0.29, 0.717) is 19.5 Å². The number of carbonyl (C=O) groups excluding carboxylic acids is 3. The SMILES string of the molecule is CC(C)(C)OC(=O)N1CC[C@@H](OC(=O)CNC(=O)C2CCC2)C1. The molecule has 0 aromatic carbocycles. The Bertz CT molecular complexity index is 468. The van der Waals surface area contributed by atoms with Gasteiger partial charge in [-0.2, -0.15) is 0 Å². The summed E-state index contributed by atoms with van der Waals surface area (Å²) in [6, 6.07) is 0. The topological polar surface area (TPSA) is 84.9 Å². The molecule has 130 valence electrons. The predicted octanol–water partition coefficient (Wildman–Crippen LogP) is 1.46. The van der Waals surface area contributed by atoms with E-state index in [-0.39, 0.29) is 24.5 Å². The number of rotatable bonds is 4. The van der Waals surface area contributed by atoms with Crippen molar-refractivity contribution in [3.05, 3.63) is 0 Å². The summed E-state index contributed by atoms with van der Waals surface area (Å²) in [7, 11) is 0. The lowest BCUT2D eigenvalue weighted by Gasteiger charge is -2.24. The Morgan fingerprint density at radius 2 is 1.87 bits per heavy atom. The molecule has 23 heavy (non-hydrogen) atoms. The lowest BCUT2D eigenvalue weighted by Crippen LogP contribution is -2.39. The molecule has 1 aliphatic heterocycles. The van der Waals surface area contributed by atoms with Gasteiger partial charge < -0.3 is 19.7 Å². The highest BCUT2D eigenvalue weighted by Gasteiger charge is 2.32. The maximum Gasteiger partial charge on any atom is 0.410 e. The number of nitrogens with one attached hydrogen (secondary N) is 1. The number of likely N-dealkylation sites (tertiary alicyclic amines) is 1. The van der Waals surface area contributed by atoms with E-state index in [9.17, 15) is 14.4 Å². The molecule has 2 amide bonds. The second-order valence-electron chi connectivity index (χ2n) is 7.17. The fourth-order valence-electron chi connectivity index (χ4n) is 2.52. The second-order valence-corrected chi connectivity index (χ2v) is 7.17. The molecule has 0 aromatic rings. The Kier molecular flexibility index (Phi) is 5.49. The van der Waals surface area contributed by atoms with E-state index in [2.05, 4.69) is 5.32 Å². The Morgan fingerprint density at radius 3 is 2.43 bits per heavy atom. The fraction of sp³-hybridized carbons (Fsp3) is 0.812. The summed E-state index contributed by atoms with van der Waals surface area (Å²) in [6.07, 6.45) is 2.72. The van der Waals surface area contributed by atoms with Gasteiger partial charge in [-0.15, -0.1) is 0 Å². The van der Waals surface area contributed by atoms with Crippen molar-refractivity contribution in [2.24, 2.45) is 5.92 Å². The zero-order valence-electron chi connectivity index (χ0n) is 14.1. The van der Waals surface area contributed by atoms with Crippen molar-refractivity contribution in [3.8, 4) is 0 Å². The molecule has 0 bridgehead atoms. The molecule has 7 heteroatoms. The normalized spacial score (nSPS) is 21.5. The van der Waals surface area contributed by atoms with Crippen molar-refractivity contribution in [2.75, 3.05) is 19.6 Å². The average Bonchev–Trinajstić information content (AvgIpc) is 2.81. The van der Waals surface area contributed by atoms with E-state index in [0.717, 1.165) is 19.3 Å². The van der Waals surface area contributed by atoms with Gasteiger partial charge in [-0.05, 0) is 33.6 Å². The molecule has 1 atom stereocenters. The Balaban J connectivity index is 1.67. The van der Waals surface area contributed by atoms with E-state index in [1.54, 1.807) is 0 Å². The number of esters is 1. The lowest BCUT2D eigenvalue weighted by molar-refractivity contribution is -0.149. The van der Waals surface area contributed by atoms with Crippen LogP contribution in [0, 0.1) is 5.92 Å². The summed E-state index contributed by atoms with van der Waals surface area (Å²) < 4.78 is 10.6. The summed E-state index contributed by atoms with van der Waals surface area (Å²) in [4.78, 5) is 36.9. The molecular weight excluding hydrogens is 300 g/mol. The van der Waals surface area contributed by atoms with E-state index in [1.165, 1.54) is 4.90 Å². The van der Waals surface area contributed by atoms with Crippen molar-refractivity contribution in [2.45, 2.75) is 58.2 Å². The summed E-state index contributed by atoms with van der Waals surface area (Å²) in [5.41, 5.74) is -0.544. The quantitative estimate of drug-likeness (QED) is 0.791. The van der Waals surface area contributed by atoms with Gasteiger partial charge in [0.05, 0.1) is 6.54 Å². The van der Waals surface area contributed by atoms with Gasteiger partial charge in [0, 0.05) is 18.9 Å². The van der Waals surface area contributed by atoms with Crippen LogP contribution in [0.4, 0.5) is 4.79 Å². The molecule has 0 unspecified atom stereocenters. The van der Waals surface area contributed by atoms with Crippen LogP contribution in [0.2, 0.25) is 0 Å². The molecule has 1 saturated carbocycles. The minimum Gasteiger partial charge on any atom is -0.459 e. The molecule has 1 aliphatic carbocycles. The number of amides is 2. The average molecular weight is 326 g/mol. The third-order valence-corrected chi connectivity index (χ3v) is 3.98. The highest BCUT2D eigenvalue weighted by atomic mass is 16.6. The smallest absolute Gasteiger partial charge is 0.410 e. The van der Waals surface area contributed by atoms with Crippen molar-refractivity contribution in [3.63, 3.8) is 0 Å². The molecule has 1 saturated heterocycles. The molecule has 2 rings (SSSR count). The number of hydrogen-bond acceptors (Lipinski definition) is 5. The Morgan fingerprint density at radius 1 is 1.17 bits per heavy atom. The zero-order chi connectivity index (χ0) is 17.0. The monoisotopic (exact) mass is 326 g/mol. The Labute approximate surface area is 136 Å². The van der Waals surface area contributed by atoms with Gasteiger partial charge in [-0.3, -0.25) is 9.59 Å². The standard InChI is InChI=1S/C16H26N2O5/c1-16(2,3)23-15(21)18-8-7-12(10-18)22-13(19)9-17-14(20)11-5-4-6-11/h11-12H,4-10H2,1-3H3,(H,17,20)/t12-/m1/s1. The highest BCUT2D eigenvalue weighted by Crippen LogP contribution is 2.26. The first-order valence-corrected chi connectivity index (χ1v) is 8.20. The van der Waals surface area contributed by atoms with E-state index in [1.807, 2.05) is 20.8 Å². The molecule has 0 aromatic heterocycles. The predicted molar refractivity (Wildman–Crippen MR) is 82.7 cm³/mol. The van der Waals surface area contributed by atoms with Crippen LogP contribution in [0.1, 0.15) is 46.5 Å². The first-order chi connectivity index (χ1) is 10.7. The van der Waals surface area contributed by atoms with Crippen molar-refractivity contribution >= 4 is 18.0 Å². The van der Waals surface area contributed by atoms with Gasteiger partial charge in [-0.1, -0.05) is 6.42 Å². The number of nitrogens with zero attached hydrogens (tertiary/aromatic N) is 1. The molecule has 1 N–H and O–H groups in total. The molecule has 2 aliphatic rings. The second kappa shape index (κ2) is 7.19. The third-order valence-electron chi connectivity index (χ3n) is 3.98. The maximum absolute atomic E-state index is 11.9. The largest absolute Gasteiger partial charge is 0.459 e. The van der Waals surface area contributed by atoms with Crippen LogP contribution >= 0.6 is 0 Å². The van der Waals surface area contributed by atoms with E-state index in [4.69, 9.17) is 9.47 Å². The first-order valence-electron chi connectivity index (χ1n) is 8.20. The molecule has 2 fully saturated rings. The number of carbonyl (C=O) groups is 3. The van der Waals surface area contributed by atoms with Gasteiger partial charge in [0.25, 0.3) is 0 Å². The zero-order valence-corrected chi connectivity index (χ0v) is 14.1. The molecule has 0 spiro atoms. The van der Waals surface area contributed by atoms with Crippen LogP contribution in [0.5, 0.6) is 0 Å². The van der Waals surface area contributed by atoms with Gasteiger partial charge in [0.15, 0.2) is 0 Å². The molecule has 1 heterocycles. The van der Waals surface area contributed by atoms with E-state index >= 15 is 0 Å². The van der Waals surface area contributed by atoms with Crippen LogP contribution in [0.3, 0.4) is 0 Å². The van der Waals surface area contributed by atoms with Crippen molar-refractivity contribution < 1.29 is 23.9 Å². The van der Waals surface area contributed by atoms with E-state index < -0.39 is 17.7 Å². The van der Waals surface area contributed by atoms with Gasteiger partial charge >= 0.3 is 12.1 Å². The highest BCUT2D eigenvalue weighted by molar-refractivity contribution is 5.84. The minimum absolute atomic E-state index is 0.0527. The summed E-state index contributed by atoms with van der Waals surface area (Å²) >= 11 is 0. The van der Waals surface area contributed by atoms with Crippen LogP contribution in [0.25, 0.3) is 0 Å². The van der Waals surface area contributed by atoms with Gasteiger partial charge in [0.1, 0.15) is 18.2 Å². The van der Waals surface area contributed by atoms with Crippen LogP contribution in [-0.4, -0.2) is 54.2 Å². The summed E-state index contributed by atoms with van der Waals surface area (Å²) in [5.74, 6) is -0.486. The van der Waals surface area contributed by atoms with Crippen LogP contribution in [0.15, 0.2) is 0 Å². The summed E-state index contributed by atoms with van der Waals surface area (Å²) in [5, 5.41) is 2.60. The number of ether oxygens (including phenoxy) is 2. The number of hydrogen-bond donors (Lipinski definition) is 1. The third kappa shape index (κ3) is 5.41. The van der Waals surface area contributed by atoms with Crippen molar-refractivity contribution in [1.29, 1.82) is 0 Å².